The highest BCUT2D eigenvalue weighted by Gasteiger charge is 2.20. The lowest BCUT2D eigenvalue weighted by Crippen LogP contribution is -2.16. The van der Waals surface area contributed by atoms with E-state index in [1.54, 1.807) is 36.7 Å². The molecule has 0 radical (unpaired) electrons. The van der Waals surface area contributed by atoms with Crippen molar-refractivity contribution < 1.29 is 18.3 Å². The lowest BCUT2D eigenvalue weighted by atomic mass is 10.1. The van der Waals surface area contributed by atoms with Crippen LogP contribution in [0.4, 0.5) is 14.5 Å². The van der Waals surface area contributed by atoms with E-state index in [2.05, 4.69) is 31.1 Å². The number of hydrogen-bond acceptors (Lipinski definition) is 3. The third-order valence-electron chi connectivity index (χ3n) is 4.39. The molecule has 2 aromatic carbocycles. The van der Waals surface area contributed by atoms with Crippen molar-refractivity contribution in [1.82, 2.24) is 9.78 Å². The Labute approximate surface area is 190 Å². The van der Waals surface area contributed by atoms with Gasteiger partial charge in [-0.05, 0) is 44.2 Å². The van der Waals surface area contributed by atoms with Gasteiger partial charge in [0.25, 0.3) is 5.91 Å². The minimum atomic E-state index is -3.05. The van der Waals surface area contributed by atoms with Crippen LogP contribution in [0.3, 0.4) is 0 Å². The Balaban J connectivity index is 1.90. The second-order valence-electron chi connectivity index (χ2n) is 6.38. The minimum absolute atomic E-state index is 0.0367. The number of nitrogens with zero attached hydrogens (tertiary/aromatic N) is 2. The van der Waals surface area contributed by atoms with Gasteiger partial charge in [-0.15, -0.1) is 0 Å². The number of alkyl halides is 2. The number of hydrogen-bond donors (Lipinski definition) is 1. The fourth-order valence-corrected chi connectivity index (χ4v) is 3.80. The predicted octanol–water partition coefficient (Wildman–Crippen LogP) is 6.47. The van der Waals surface area contributed by atoms with Crippen LogP contribution in [0.25, 0.3) is 0 Å². The lowest BCUT2D eigenvalue weighted by Gasteiger charge is -2.12. The zero-order valence-electron chi connectivity index (χ0n) is 15.8. The zero-order valence-corrected chi connectivity index (χ0v) is 18.9. The molecule has 0 saturated carbocycles. The van der Waals surface area contributed by atoms with Crippen LogP contribution in [-0.2, 0) is 6.54 Å². The summed E-state index contributed by atoms with van der Waals surface area (Å²) in [5, 5.41) is 8.19. The van der Waals surface area contributed by atoms with Gasteiger partial charge in [0, 0.05) is 20.1 Å². The van der Waals surface area contributed by atoms with Gasteiger partial charge in [-0.3, -0.25) is 9.48 Å². The molecule has 0 unspecified atom stereocenters. The van der Waals surface area contributed by atoms with Gasteiger partial charge in [0.05, 0.1) is 29.2 Å². The molecule has 0 bridgehead atoms. The average molecular weight is 519 g/mol. The van der Waals surface area contributed by atoms with E-state index < -0.39 is 12.5 Å². The van der Waals surface area contributed by atoms with Crippen LogP contribution in [0.5, 0.6) is 5.75 Å². The summed E-state index contributed by atoms with van der Waals surface area (Å²) in [4.78, 5) is 12.8. The number of amides is 1. The molecule has 3 rings (SSSR count). The van der Waals surface area contributed by atoms with Crippen molar-refractivity contribution in [2.75, 3.05) is 5.32 Å². The van der Waals surface area contributed by atoms with Gasteiger partial charge < -0.3 is 10.1 Å². The Hall–Kier alpha value is -2.16. The predicted molar refractivity (Wildman–Crippen MR) is 116 cm³/mol. The third kappa shape index (κ3) is 4.94. The summed E-state index contributed by atoms with van der Waals surface area (Å²) in [6.45, 7) is 0.754. The first-order valence-electron chi connectivity index (χ1n) is 8.70. The van der Waals surface area contributed by atoms with E-state index in [0.29, 0.717) is 43.7 Å². The lowest BCUT2D eigenvalue weighted by molar-refractivity contribution is -0.0501. The molecule has 0 aliphatic carbocycles. The van der Waals surface area contributed by atoms with E-state index in [4.69, 9.17) is 23.2 Å². The Morgan fingerprint density at radius 1 is 1.23 bits per heavy atom. The summed E-state index contributed by atoms with van der Waals surface area (Å²) in [5.74, 6) is -0.829. The second kappa shape index (κ2) is 9.32. The molecule has 1 amide bonds. The third-order valence-corrected chi connectivity index (χ3v) is 5.59. The van der Waals surface area contributed by atoms with E-state index in [1.165, 1.54) is 18.2 Å². The molecule has 0 aliphatic heterocycles. The van der Waals surface area contributed by atoms with Crippen LogP contribution >= 0.6 is 39.1 Å². The first-order valence-corrected chi connectivity index (χ1v) is 10.2. The highest BCUT2D eigenvalue weighted by Crippen LogP contribution is 2.29. The fraction of sp³-hybridized carbons (Fsp3) is 0.200. The average Bonchev–Trinajstić information content (AvgIpc) is 2.93. The number of anilines is 1. The number of aromatic nitrogens is 2. The largest absolute Gasteiger partial charge is 0.434 e. The maximum atomic E-state index is 12.8. The van der Waals surface area contributed by atoms with Gasteiger partial charge in [-0.1, -0.05) is 45.2 Å². The van der Waals surface area contributed by atoms with Crippen molar-refractivity contribution >= 4 is 50.7 Å². The molecule has 30 heavy (non-hydrogen) atoms. The Bertz CT molecular complexity index is 1090. The number of carbonyl (C=O) groups excluding carboxylic acids is 1. The zero-order chi connectivity index (χ0) is 22.0. The standard InChI is InChI=1S/C20H16BrCl2F2N3O2/c1-10-18(11(2)28(27-10)9-14-15(22)4-3-5-16(14)23)26-19(29)13-8-12(21)6-7-17(13)30-20(24)25/h3-8,20H,9H2,1-2H3,(H,26,29). The Morgan fingerprint density at radius 3 is 2.53 bits per heavy atom. The van der Waals surface area contributed by atoms with Crippen molar-refractivity contribution in [2.45, 2.75) is 27.0 Å². The molecule has 0 atom stereocenters. The van der Waals surface area contributed by atoms with Gasteiger partial charge >= 0.3 is 6.61 Å². The number of nitrogens with one attached hydrogen (secondary N) is 1. The highest BCUT2D eigenvalue weighted by molar-refractivity contribution is 9.10. The van der Waals surface area contributed by atoms with Gasteiger partial charge in [0.15, 0.2) is 0 Å². The van der Waals surface area contributed by atoms with Crippen molar-refractivity contribution in [3.63, 3.8) is 0 Å². The number of ether oxygens (including phenoxy) is 1. The smallest absolute Gasteiger partial charge is 0.387 e. The molecule has 3 aromatic rings. The summed E-state index contributed by atoms with van der Waals surface area (Å²) in [7, 11) is 0. The van der Waals surface area contributed by atoms with Crippen LogP contribution in [-0.4, -0.2) is 22.3 Å². The van der Waals surface area contributed by atoms with E-state index in [-0.39, 0.29) is 11.3 Å². The van der Waals surface area contributed by atoms with Crippen molar-refractivity contribution in [1.29, 1.82) is 0 Å². The number of benzene rings is 2. The molecule has 5 nitrogen and oxygen atoms in total. The molecular weight excluding hydrogens is 503 g/mol. The molecule has 1 heterocycles. The summed E-state index contributed by atoms with van der Waals surface area (Å²) in [6, 6.07) is 9.43. The number of aryl methyl sites for hydroxylation is 1. The van der Waals surface area contributed by atoms with Crippen molar-refractivity contribution in [2.24, 2.45) is 0 Å². The number of rotatable bonds is 6. The maximum absolute atomic E-state index is 12.8. The van der Waals surface area contributed by atoms with Crippen molar-refractivity contribution in [3.8, 4) is 5.75 Å². The summed E-state index contributed by atoms with van der Waals surface area (Å²) in [6.07, 6.45) is 0. The quantitative estimate of drug-likeness (QED) is 0.406. The number of carbonyl (C=O) groups is 1. The van der Waals surface area contributed by atoms with E-state index >= 15 is 0 Å². The van der Waals surface area contributed by atoms with Gasteiger partial charge in [0.1, 0.15) is 5.75 Å². The monoisotopic (exact) mass is 517 g/mol. The molecule has 158 valence electrons. The Kier molecular flexibility index (Phi) is 7.00. The van der Waals surface area contributed by atoms with Crippen LogP contribution in [0.15, 0.2) is 40.9 Å². The first kappa shape index (κ1) is 22.5. The molecule has 10 heteroatoms. The van der Waals surface area contributed by atoms with Crippen LogP contribution in [0.2, 0.25) is 10.0 Å². The normalized spacial score (nSPS) is 11.1. The summed E-state index contributed by atoms with van der Waals surface area (Å²) in [5.41, 5.74) is 2.33. The summed E-state index contributed by atoms with van der Waals surface area (Å²) < 4.78 is 32.1. The van der Waals surface area contributed by atoms with Gasteiger partial charge in [0.2, 0.25) is 0 Å². The van der Waals surface area contributed by atoms with E-state index in [9.17, 15) is 13.6 Å². The highest BCUT2D eigenvalue weighted by atomic mass is 79.9. The maximum Gasteiger partial charge on any atom is 0.387 e. The molecule has 0 spiro atoms. The molecule has 1 aromatic heterocycles. The molecular formula is C20H16BrCl2F2N3O2. The SMILES string of the molecule is Cc1nn(Cc2c(Cl)cccc2Cl)c(C)c1NC(=O)c1cc(Br)ccc1OC(F)F. The van der Waals surface area contributed by atoms with Crippen LogP contribution < -0.4 is 10.1 Å². The van der Waals surface area contributed by atoms with Gasteiger partial charge in [-0.25, -0.2) is 0 Å². The Morgan fingerprint density at radius 2 is 1.90 bits per heavy atom. The molecule has 0 aliphatic rings. The van der Waals surface area contributed by atoms with Crippen molar-refractivity contribution in [3.05, 3.63) is 73.4 Å². The topological polar surface area (TPSA) is 56.2 Å². The van der Waals surface area contributed by atoms with Crippen LogP contribution in [0, 0.1) is 13.8 Å². The second-order valence-corrected chi connectivity index (χ2v) is 8.11. The fourth-order valence-electron chi connectivity index (χ4n) is 2.92. The summed E-state index contributed by atoms with van der Waals surface area (Å²) >= 11 is 15.7. The minimum Gasteiger partial charge on any atom is -0.434 e. The number of halogens is 5. The molecule has 0 fully saturated rings. The first-order chi connectivity index (χ1) is 14.2. The van der Waals surface area contributed by atoms with E-state index in [1.807, 2.05) is 0 Å². The van der Waals surface area contributed by atoms with Crippen LogP contribution in [0.1, 0.15) is 27.3 Å². The van der Waals surface area contributed by atoms with Gasteiger partial charge in [-0.2, -0.15) is 13.9 Å². The molecule has 0 saturated heterocycles. The van der Waals surface area contributed by atoms with E-state index in [0.717, 1.165) is 0 Å². The molecule has 1 N–H and O–H groups in total.